The molecule has 2 aromatic rings. The van der Waals surface area contributed by atoms with Crippen LogP contribution in [0, 0.1) is 11.3 Å². The van der Waals surface area contributed by atoms with E-state index in [2.05, 4.69) is 21.9 Å². The minimum Gasteiger partial charge on any atom is -0.353 e. The lowest BCUT2D eigenvalue weighted by atomic mass is 10.1. The molecule has 1 atom stereocenters. The molecule has 1 N–H and O–H groups in total. The SMILES string of the molecule is N#Cc1cnn(CCNC(=O)[C@H]2SCCc3sccc32)c1. The van der Waals surface area contributed by atoms with Gasteiger partial charge in [-0.25, -0.2) is 0 Å². The van der Waals surface area contributed by atoms with Gasteiger partial charge < -0.3 is 5.32 Å². The molecule has 1 amide bonds. The van der Waals surface area contributed by atoms with Crippen molar-refractivity contribution in [2.75, 3.05) is 12.3 Å². The number of hydrogen-bond acceptors (Lipinski definition) is 5. The van der Waals surface area contributed by atoms with Gasteiger partial charge in [0.15, 0.2) is 0 Å². The number of aryl methyl sites for hydroxylation is 1. The van der Waals surface area contributed by atoms with Gasteiger partial charge in [0.2, 0.25) is 5.91 Å². The molecule has 3 rings (SSSR count). The summed E-state index contributed by atoms with van der Waals surface area (Å²) in [6.45, 7) is 1.09. The summed E-state index contributed by atoms with van der Waals surface area (Å²) in [4.78, 5) is 13.6. The van der Waals surface area contributed by atoms with Gasteiger partial charge in [-0.3, -0.25) is 9.48 Å². The highest BCUT2D eigenvalue weighted by atomic mass is 32.2. The third kappa shape index (κ3) is 3.12. The van der Waals surface area contributed by atoms with Crippen molar-refractivity contribution in [2.24, 2.45) is 0 Å². The van der Waals surface area contributed by atoms with E-state index in [4.69, 9.17) is 5.26 Å². The van der Waals surface area contributed by atoms with E-state index in [1.54, 1.807) is 34.0 Å². The number of thiophene rings is 1. The average molecular weight is 318 g/mol. The zero-order chi connectivity index (χ0) is 14.7. The van der Waals surface area contributed by atoms with Gasteiger partial charge in [-0.2, -0.15) is 10.4 Å². The van der Waals surface area contributed by atoms with Gasteiger partial charge in [0, 0.05) is 17.6 Å². The highest BCUT2D eigenvalue weighted by Crippen LogP contribution is 2.39. The number of nitrogens with zero attached hydrogens (tertiary/aromatic N) is 3. The summed E-state index contributed by atoms with van der Waals surface area (Å²) >= 11 is 3.44. The maximum Gasteiger partial charge on any atom is 0.237 e. The molecule has 2 aromatic heterocycles. The van der Waals surface area contributed by atoms with Crippen molar-refractivity contribution in [3.05, 3.63) is 39.8 Å². The molecule has 7 heteroatoms. The third-order valence-corrected chi connectivity index (χ3v) is 5.55. The topological polar surface area (TPSA) is 70.7 Å². The minimum absolute atomic E-state index is 0.0620. The Morgan fingerprint density at radius 2 is 2.52 bits per heavy atom. The fraction of sp³-hybridized carbons (Fsp3) is 0.357. The smallest absolute Gasteiger partial charge is 0.237 e. The van der Waals surface area contributed by atoms with Crippen LogP contribution in [0.25, 0.3) is 0 Å². The van der Waals surface area contributed by atoms with Crippen LogP contribution in [0.2, 0.25) is 0 Å². The van der Waals surface area contributed by atoms with E-state index in [0.717, 1.165) is 12.2 Å². The highest BCUT2D eigenvalue weighted by molar-refractivity contribution is 8.00. The quantitative estimate of drug-likeness (QED) is 0.935. The molecule has 0 aromatic carbocycles. The van der Waals surface area contributed by atoms with Gasteiger partial charge in [-0.15, -0.1) is 23.1 Å². The van der Waals surface area contributed by atoms with Crippen molar-refractivity contribution in [3.8, 4) is 6.07 Å². The first-order valence-electron chi connectivity index (χ1n) is 6.66. The van der Waals surface area contributed by atoms with Gasteiger partial charge in [-0.05, 0) is 29.2 Å². The molecule has 3 heterocycles. The van der Waals surface area contributed by atoms with E-state index in [9.17, 15) is 4.79 Å². The molecule has 21 heavy (non-hydrogen) atoms. The van der Waals surface area contributed by atoms with Crippen LogP contribution in [0.3, 0.4) is 0 Å². The van der Waals surface area contributed by atoms with Crippen molar-refractivity contribution in [1.82, 2.24) is 15.1 Å². The number of rotatable bonds is 4. The second-order valence-corrected chi connectivity index (χ2v) is 6.91. The summed E-state index contributed by atoms with van der Waals surface area (Å²) in [6.07, 6.45) is 4.26. The molecule has 108 valence electrons. The molecule has 0 fully saturated rings. The predicted octanol–water partition coefficient (Wildman–Crippen LogP) is 1.96. The van der Waals surface area contributed by atoms with Crippen molar-refractivity contribution in [1.29, 1.82) is 5.26 Å². The van der Waals surface area contributed by atoms with Gasteiger partial charge in [0.05, 0.1) is 18.3 Å². The minimum atomic E-state index is -0.0905. The van der Waals surface area contributed by atoms with Crippen molar-refractivity contribution in [3.63, 3.8) is 0 Å². The van der Waals surface area contributed by atoms with E-state index in [1.165, 1.54) is 16.6 Å². The number of carbonyl (C=O) groups is 1. The molecule has 0 aliphatic carbocycles. The van der Waals surface area contributed by atoms with E-state index >= 15 is 0 Å². The number of carbonyl (C=O) groups excluding carboxylic acids is 1. The lowest BCUT2D eigenvalue weighted by Crippen LogP contribution is -2.32. The van der Waals surface area contributed by atoms with Crippen molar-refractivity contribution < 1.29 is 4.79 Å². The number of aromatic nitrogens is 2. The third-order valence-electron chi connectivity index (χ3n) is 3.32. The number of amides is 1. The monoisotopic (exact) mass is 318 g/mol. The van der Waals surface area contributed by atoms with Crippen molar-refractivity contribution >= 4 is 29.0 Å². The Hall–Kier alpha value is -1.78. The largest absolute Gasteiger partial charge is 0.353 e. The average Bonchev–Trinajstić information content (AvgIpc) is 3.15. The first-order valence-corrected chi connectivity index (χ1v) is 8.59. The van der Waals surface area contributed by atoms with Crippen LogP contribution >= 0.6 is 23.1 Å². The molecule has 0 saturated heterocycles. The lowest BCUT2D eigenvalue weighted by molar-refractivity contribution is -0.120. The first kappa shape index (κ1) is 14.2. The number of hydrogen-bond donors (Lipinski definition) is 1. The molecular weight excluding hydrogens is 304 g/mol. The highest BCUT2D eigenvalue weighted by Gasteiger charge is 2.27. The van der Waals surface area contributed by atoms with Crippen LogP contribution in [0.4, 0.5) is 0 Å². The molecule has 0 unspecified atom stereocenters. The van der Waals surface area contributed by atoms with Gasteiger partial charge in [0.25, 0.3) is 0 Å². The molecule has 0 radical (unpaired) electrons. The Kier molecular flexibility index (Phi) is 4.27. The molecule has 0 spiro atoms. The van der Waals surface area contributed by atoms with Gasteiger partial charge >= 0.3 is 0 Å². The number of fused-ring (bicyclic) bond motifs is 1. The van der Waals surface area contributed by atoms with Gasteiger partial charge in [-0.1, -0.05) is 0 Å². The Morgan fingerprint density at radius 3 is 3.33 bits per heavy atom. The van der Waals surface area contributed by atoms with Crippen LogP contribution in [0.15, 0.2) is 23.8 Å². The normalized spacial score (nSPS) is 17.0. The molecule has 5 nitrogen and oxygen atoms in total. The fourth-order valence-corrected chi connectivity index (χ4v) is 4.61. The maximum atomic E-state index is 12.3. The number of nitriles is 1. The molecule has 0 saturated carbocycles. The Morgan fingerprint density at radius 1 is 1.62 bits per heavy atom. The standard InChI is InChI=1S/C14H14N4OS2/c15-7-10-8-17-18(9-10)4-3-16-14(19)13-11-1-5-20-12(11)2-6-21-13/h1,5,8-9,13H,2-4,6H2,(H,16,19)/t13-/m0/s1. The van der Waals surface area contributed by atoms with Crippen molar-refractivity contribution in [2.45, 2.75) is 18.2 Å². The molecule has 0 bridgehead atoms. The molecule has 1 aliphatic rings. The van der Waals surface area contributed by atoms with E-state index in [-0.39, 0.29) is 11.2 Å². The van der Waals surface area contributed by atoms with Crippen LogP contribution in [0.5, 0.6) is 0 Å². The second kappa shape index (κ2) is 6.33. The predicted molar refractivity (Wildman–Crippen MR) is 83.2 cm³/mol. The number of nitrogens with one attached hydrogen (secondary N) is 1. The summed E-state index contributed by atoms with van der Waals surface area (Å²) in [5.41, 5.74) is 1.70. The van der Waals surface area contributed by atoms with E-state index in [0.29, 0.717) is 18.7 Å². The lowest BCUT2D eigenvalue weighted by Gasteiger charge is -2.21. The number of thioether (sulfide) groups is 1. The fourth-order valence-electron chi connectivity index (χ4n) is 2.29. The summed E-state index contributed by atoms with van der Waals surface area (Å²) in [5, 5.41) is 17.7. The van der Waals surface area contributed by atoms with Crippen LogP contribution in [-0.4, -0.2) is 28.0 Å². The van der Waals surface area contributed by atoms with E-state index < -0.39 is 0 Å². The maximum absolute atomic E-state index is 12.3. The molecular formula is C14H14N4OS2. The second-order valence-electron chi connectivity index (χ2n) is 4.69. The van der Waals surface area contributed by atoms with Crippen LogP contribution in [-0.2, 0) is 17.8 Å². The Balaban J connectivity index is 1.55. The summed E-state index contributed by atoms with van der Waals surface area (Å²) in [7, 11) is 0. The van der Waals surface area contributed by atoms with Crippen LogP contribution < -0.4 is 5.32 Å². The zero-order valence-electron chi connectivity index (χ0n) is 11.3. The Labute approximate surface area is 131 Å². The summed E-state index contributed by atoms with van der Waals surface area (Å²) in [5.74, 6) is 1.06. The van der Waals surface area contributed by atoms with Crippen LogP contribution in [0.1, 0.15) is 21.3 Å². The Bertz CT molecular complexity index is 685. The molecule has 1 aliphatic heterocycles. The van der Waals surface area contributed by atoms with Gasteiger partial charge in [0.1, 0.15) is 11.3 Å². The van der Waals surface area contributed by atoms with E-state index in [1.807, 2.05) is 6.07 Å². The zero-order valence-corrected chi connectivity index (χ0v) is 12.9. The summed E-state index contributed by atoms with van der Waals surface area (Å²) in [6, 6.07) is 4.09. The first-order chi connectivity index (χ1) is 10.3. The summed E-state index contributed by atoms with van der Waals surface area (Å²) < 4.78 is 1.67.